The number of methoxy groups -OCH3 is 2. The molecule has 1 N–H and O–H groups in total. The van der Waals surface area contributed by atoms with Crippen LogP contribution in [-0.2, 0) is 9.53 Å². The van der Waals surface area contributed by atoms with Crippen LogP contribution < -0.4 is 14.8 Å². The standard InChI is InChI=1S/C20H22N2O6/c1-22(2)19(24)13-5-7-15(8-6-13)21-18(23)12-28-20(25)14-9-16(26-3)11-17(10-14)27-4/h5-11H,12H2,1-4H3,(H,21,23). The average Bonchev–Trinajstić information content (AvgIpc) is 2.71. The Morgan fingerprint density at radius 1 is 0.893 bits per heavy atom. The lowest BCUT2D eigenvalue weighted by atomic mass is 10.2. The second-order valence-corrected chi connectivity index (χ2v) is 6.00. The first-order valence-electron chi connectivity index (χ1n) is 8.35. The fourth-order valence-electron chi connectivity index (χ4n) is 2.29. The van der Waals surface area contributed by atoms with Gasteiger partial charge in [0, 0.05) is 31.4 Å². The van der Waals surface area contributed by atoms with Crippen molar-refractivity contribution in [2.75, 3.05) is 40.2 Å². The summed E-state index contributed by atoms with van der Waals surface area (Å²) in [7, 11) is 6.25. The molecule has 2 rings (SSSR count). The highest BCUT2D eigenvalue weighted by molar-refractivity contribution is 5.97. The fourth-order valence-corrected chi connectivity index (χ4v) is 2.29. The first-order chi connectivity index (χ1) is 13.3. The number of hydrogen-bond acceptors (Lipinski definition) is 6. The van der Waals surface area contributed by atoms with E-state index in [2.05, 4.69) is 5.32 Å². The van der Waals surface area contributed by atoms with Crippen LogP contribution in [0.3, 0.4) is 0 Å². The van der Waals surface area contributed by atoms with Gasteiger partial charge in [-0.15, -0.1) is 0 Å². The topological polar surface area (TPSA) is 94.2 Å². The summed E-state index contributed by atoms with van der Waals surface area (Å²) in [6.45, 7) is -0.462. The van der Waals surface area contributed by atoms with Gasteiger partial charge in [0.1, 0.15) is 11.5 Å². The van der Waals surface area contributed by atoms with Crippen LogP contribution in [0.2, 0.25) is 0 Å². The maximum absolute atomic E-state index is 12.2. The van der Waals surface area contributed by atoms with Crippen molar-refractivity contribution in [3.63, 3.8) is 0 Å². The number of anilines is 1. The molecule has 148 valence electrons. The van der Waals surface area contributed by atoms with E-state index < -0.39 is 18.5 Å². The molecule has 0 heterocycles. The number of nitrogens with zero attached hydrogens (tertiary/aromatic N) is 1. The molecule has 0 saturated heterocycles. The third-order valence-electron chi connectivity index (χ3n) is 3.74. The quantitative estimate of drug-likeness (QED) is 0.733. The van der Waals surface area contributed by atoms with Crippen LogP contribution in [-0.4, -0.2) is 57.6 Å². The van der Waals surface area contributed by atoms with E-state index in [1.54, 1.807) is 44.4 Å². The molecule has 0 fully saturated rings. The van der Waals surface area contributed by atoms with Gasteiger partial charge in [-0.3, -0.25) is 9.59 Å². The SMILES string of the molecule is COc1cc(OC)cc(C(=O)OCC(=O)Nc2ccc(C(=O)N(C)C)cc2)c1. The van der Waals surface area contributed by atoms with E-state index in [0.717, 1.165) is 0 Å². The van der Waals surface area contributed by atoms with E-state index >= 15 is 0 Å². The van der Waals surface area contributed by atoms with E-state index in [-0.39, 0.29) is 11.5 Å². The van der Waals surface area contributed by atoms with Gasteiger partial charge in [-0.2, -0.15) is 0 Å². The van der Waals surface area contributed by atoms with Gasteiger partial charge in [-0.05, 0) is 36.4 Å². The molecule has 0 radical (unpaired) electrons. The number of rotatable bonds is 7. The molecule has 0 saturated carbocycles. The Hall–Kier alpha value is -3.55. The number of hydrogen-bond donors (Lipinski definition) is 1. The van der Waals surface area contributed by atoms with Gasteiger partial charge in [0.25, 0.3) is 11.8 Å². The first-order valence-corrected chi connectivity index (χ1v) is 8.35. The zero-order valence-corrected chi connectivity index (χ0v) is 16.1. The molecule has 2 aromatic rings. The van der Waals surface area contributed by atoms with Crippen molar-refractivity contribution in [2.24, 2.45) is 0 Å². The van der Waals surface area contributed by atoms with Crippen LogP contribution in [0.1, 0.15) is 20.7 Å². The molecule has 0 bridgehead atoms. The van der Waals surface area contributed by atoms with Gasteiger partial charge < -0.3 is 24.4 Å². The molecule has 2 amide bonds. The third kappa shape index (κ3) is 5.47. The average molecular weight is 386 g/mol. The summed E-state index contributed by atoms with van der Waals surface area (Å²) in [4.78, 5) is 37.5. The Morgan fingerprint density at radius 2 is 1.46 bits per heavy atom. The van der Waals surface area contributed by atoms with Crippen LogP contribution in [0.15, 0.2) is 42.5 Å². The lowest BCUT2D eigenvalue weighted by Crippen LogP contribution is -2.22. The predicted octanol–water partition coefficient (Wildman–Crippen LogP) is 2.20. The zero-order chi connectivity index (χ0) is 20.7. The molecule has 0 aliphatic rings. The Kier molecular flexibility index (Phi) is 6.97. The van der Waals surface area contributed by atoms with Gasteiger partial charge in [0.15, 0.2) is 6.61 Å². The van der Waals surface area contributed by atoms with Crippen LogP contribution in [0.5, 0.6) is 11.5 Å². The molecule has 0 aliphatic heterocycles. The number of ether oxygens (including phenoxy) is 3. The van der Waals surface area contributed by atoms with Crippen molar-refractivity contribution < 1.29 is 28.6 Å². The number of amides is 2. The Bertz CT molecular complexity index is 839. The Labute approximate surface area is 163 Å². The molecule has 0 spiro atoms. The molecule has 0 aliphatic carbocycles. The summed E-state index contributed by atoms with van der Waals surface area (Å²) in [6.07, 6.45) is 0. The van der Waals surface area contributed by atoms with Crippen LogP contribution in [0.4, 0.5) is 5.69 Å². The summed E-state index contributed by atoms with van der Waals surface area (Å²) < 4.78 is 15.2. The summed E-state index contributed by atoms with van der Waals surface area (Å²) in [5, 5.41) is 2.60. The number of nitrogens with one attached hydrogen (secondary N) is 1. The smallest absolute Gasteiger partial charge is 0.338 e. The van der Waals surface area contributed by atoms with Crippen molar-refractivity contribution in [1.29, 1.82) is 0 Å². The maximum Gasteiger partial charge on any atom is 0.338 e. The monoisotopic (exact) mass is 386 g/mol. The van der Waals surface area contributed by atoms with Crippen molar-refractivity contribution >= 4 is 23.5 Å². The lowest BCUT2D eigenvalue weighted by Gasteiger charge is -2.11. The van der Waals surface area contributed by atoms with Crippen molar-refractivity contribution in [2.45, 2.75) is 0 Å². The molecular weight excluding hydrogens is 364 g/mol. The molecule has 2 aromatic carbocycles. The van der Waals surface area contributed by atoms with Crippen molar-refractivity contribution in [3.05, 3.63) is 53.6 Å². The van der Waals surface area contributed by atoms with Crippen LogP contribution in [0, 0.1) is 0 Å². The van der Waals surface area contributed by atoms with E-state index in [0.29, 0.717) is 22.7 Å². The lowest BCUT2D eigenvalue weighted by molar-refractivity contribution is -0.119. The second kappa shape index (κ2) is 9.40. The second-order valence-electron chi connectivity index (χ2n) is 6.00. The summed E-state index contributed by atoms with van der Waals surface area (Å²) in [5.74, 6) is -0.457. The molecule has 28 heavy (non-hydrogen) atoms. The normalized spacial score (nSPS) is 10.0. The molecule has 0 atom stereocenters. The van der Waals surface area contributed by atoms with E-state index in [1.165, 1.54) is 31.3 Å². The summed E-state index contributed by atoms with van der Waals surface area (Å²) in [5.41, 5.74) is 1.19. The summed E-state index contributed by atoms with van der Waals surface area (Å²) in [6, 6.07) is 11.0. The maximum atomic E-state index is 12.2. The van der Waals surface area contributed by atoms with Gasteiger partial charge in [0.05, 0.1) is 19.8 Å². The first kappa shape index (κ1) is 20.8. The van der Waals surface area contributed by atoms with E-state index in [4.69, 9.17) is 14.2 Å². The van der Waals surface area contributed by atoms with Crippen molar-refractivity contribution in [1.82, 2.24) is 4.90 Å². The Morgan fingerprint density at radius 3 is 1.96 bits per heavy atom. The third-order valence-corrected chi connectivity index (χ3v) is 3.74. The molecular formula is C20H22N2O6. The molecule has 8 nitrogen and oxygen atoms in total. The van der Waals surface area contributed by atoms with E-state index in [1.807, 2.05) is 0 Å². The summed E-state index contributed by atoms with van der Waals surface area (Å²) >= 11 is 0. The highest BCUT2D eigenvalue weighted by Gasteiger charge is 2.14. The molecule has 8 heteroatoms. The van der Waals surface area contributed by atoms with Gasteiger partial charge in [0.2, 0.25) is 0 Å². The Balaban J connectivity index is 1.93. The highest BCUT2D eigenvalue weighted by atomic mass is 16.5. The van der Waals surface area contributed by atoms with Gasteiger partial charge in [-0.25, -0.2) is 4.79 Å². The minimum atomic E-state index is -0.681. The minimum absolute atomic E-state index is 0.138. The number of esters is 1. The zero-order valence-electron chi connectivity index (χ0n) is 16.1. The largest absolute Gasteiger partial charge is 0.497 e. The van der Waals surface area contributed by atoms with Crippen LogP contribution >= 0.6 is 0 Å². The molecule has 0 unspecified atom stereocenters. The van der Waals surface area contributed by atoms with Gasteiger partial charge in [-0.1, -0.05) is 0 Å². The van der Waals surface area contributed by atoms with Gasteiger partial charge >= 0.3 is 5.97 Å². The molecule has 0 aromatic heterocycles. The minimum Gasteiger partial charge on any atom is -0.497 e. The van der Waals surface area contributed by atoms with Crippen molar-refractivity contribution in [3.8, 4) is 11.5 Å². The fraction of sp³-hybridized carbons (Fsp3) is 0.250. The van der Waals surface area contributed by atoms with E-state index in [9.17, 15) is 14.4 Å². The van der Waals surface area contributed by atoms with Crippen LogP contribution in [0.25, 0.3) is 0 Å². The number of carbonyl (C=O) groups is 3. The predicted molar refractivity (Wildman–Crippen MR) is 103 cm³/mol. The highest BCUT2D eigenvalue weighted by Crippen LogP contribution is 2.23. The number of benzene rings is 2. The number of carbonyl (C=O) groups excluding carboxylic acids is 3.